The number of alkyl halides is 3. The lowest BCUT2D eigenvalue weighted by atomic mass is 10.0. The fraction of sp³-hybridized carbons (Fsp3) is 0.281. The molecule has 0 saturated heterocycles. The van der Waals surface area contributed by atoms with E-state index in [-0.39, 0.29) is 12.4 Å². The average Bonchev–Trinajstić information content (AvgIpc) is 3.64. The van der Waals surface area contributed by atoms with E-state index in [0.717, 1.165) is 53.3 Å². The van der Waals surface area contributed by atoms with Crippen LogP contribution in [0.4, 0.5) is 17.6 Å². The van der Waals surface area contributed by atoms with Gasteiger partial charge in [0.15, 0.2) is 16.8 Å². The maximum absolute atomic E-state index is 13.4. The van der Waals surface area contributed by atoms with Crippen molar-refractivity contribution in [3.63, 3.8) is 0 Å². The Hall–Kier alpha value is -3.96. The SMILES string of the molecule is OCc1nnc(CN2C(SCc3ccc(F)cc3)=NCC3=C2CCC3)n1Cc1ccc(-c2ccc(C(F)(F)F)cc2)cc1. The van der Waals surface area contributed by atoms with Crippen LogP contribution < -0.4 is 0 Å². The molecule has 0 saturated carbocycles. The predicted molar refractivity (Wildman–Crippen MR) is 158 cm³/mol. The zero-order valence-corrected chi connectivity index (χ0v) is 24.0. The first-order valence-corrected chi connectivity index (χ1v) is 15.0. The highest BCUT2D eigenvalue weighted by Crippen LogP contribution is 2.36. The summed E-state index contributed by atoms with van der Waals surface area (Å²) in [6.07, 6.45) is -1.32. The second kappa shape index (κ2) is 12.3. The summed E-state index contributed by atoms with van der Waals surface area (Å²) in [6.45, 7) is 1.26. The van der Waals surface area contributed by atoms with Gasteiger partial charge in [0.05, 0.1) is 25.2 Å². The summed E-state index contributed by atoms with van der Waals surface area (Å²) in [5, 5.41) is 19.6. The van der Waals surface area contributed by atoms with Gasteiger partial charge in [-0.25, -0.2) is 4.39 Å². The molecule has 1 aliphatic carbocycles. The fourth-order valence-corrected chi connectivity index (χ4v) is 6.41. The summed E-state index contributed by atoms with van der Waals surface area (Å²) < 4.78 is 54.1. The molecule has 222 valence electrons. The van der Waals surface area contributed by atoms with Crippen molar-refractivity contribution in [3.8, 4) is 11.1 Å². The summed E-state index contributed by atoms with van der Waals surface area (Å²) in [4.78, 5) is 7.09. The standard InChI is InChI=1S/C32H29F4N5OS/c33-27-14-6-22(7-15-27)20-43-31-37-16-25-2-1-3-28(25)40(31)18-29-38-39-30(19-42)41(29)17-21-4-8-23(9-5-21)24-10-12-26(13-11-24)32(34,35)36/h4-15,42H,1-3,16-20H2. The largest absolute Gasteiger partial charge is 0.416 e. The number of benzene rings is 3. The van der Waals surface area contributed by atoms with Gasteiger partial charge in [-0.3, -0.25) is 4.99 Å². The van der Waals surface area contributed by atoms with Crippen molar-refractivity contribution >= 4 is 16.9 Å². The van der Waals surface area contributed by atoms with E-state index in [0.29, 0.717) is 42.6 Å². The first-order chi connectivity index (χ1) is 20.8. The van der Waals surface area contributed by atoms with Crippen molar-refractivity contribution in [2.75, 3.05) is 6.54 Å². The lowest BCUT2D eigenvalue weighted by Gasteiger charge is -2.31. The van der Waals surface area contributed by atoms with Gasteiger partial charge in [-0.05, 0) is 71.4 Å². The molecule has 43 heavy (non-hydrogen) atoms. The van der Waals surface area contributed by atoms with Gasteiger partial charge in [0.1, 0.15) is 12.4 Å². The lowest BCUT2D eigenvalue weighted by molar-refractivity contribution is -0.137. The van der Waals surface area contributed by atoms with Gasteiger partial charge in [0, 0.05) is 11.4 Å². The van der Waals surface area contributed by atoms with Gasteiger partial charge < -0.3 is 14.6 Å². The lowest BCUT2D eigenvalue weighted by Crippen LogP contribution is -2.32. The maximum atomic E-state index is 13.4. The minimum atomic E-state index is -4.37. The van der Waals surface area contributed by atoms with E-state index >= 15 is 0 Å². The summed E-state index contributed by atoms with van der Waals surface area (Å²) in [5.41, 5.74) is 5.35. The Bertz CT molecular complexity index is 1650. The minimum Gasteiger partial charge on any atom is -0.388 e. The second-order valence-electron chi connectivity index (χ2n) is 10.6. The molecule has 0 spiro atoms. The third-order valence-electron chi connectivity index (χ3n) is 7.73. The number of nitrogens with zero attached hydrogens (tertiary/aromatic N) is 5. The van der Waals surface area contributed by atoms with Gasteiger partial charge in [0.25, 0.3) is 0 Å². The molecule has 0 radical (unpaired) electrons. The Morgan fingerprint density at radius 3 is 2.12 bits per heavy atom. The van der Waals surface area contributed by atoms with Crippen LogP contribution in [0.15, 0.2) is 89.1 Å². The molecule has 1 aliphatic heterocycles. The molecular formula is C32H29F4N5OS. The zero-order valence-electron chi connectivity index (χ0n) is 23.2. The van der Waals surface area contributed by atoms with Crippen LogP contribution in [0.3, 0.4) is 0 Å². The third-order valence-corrected chi connectivity index (χ3v) is 8.81. The van der Waals surface area contributed by atoms with E-state index < -0.39 is 11.7 Å². The zero-order chi connectivity index (χ0) is 30.0. The normalized spacial score (nSPS) is 15.2. The molecular weight excluding hydrogens is 578 g/mol. The van der Waals surface area contributed by atoms with Crippen molar-refractivity contribution in [2.24, 2.45) is 4.99 Å². The van der Waals surface area contributed by atoms with Crippen LogP contribution in [-0.4, -0.2) is 36.5 Å². The van der Waals surface area contributed by atoms with Gasteiger partial charge >= 0.3 is 6.18 Å². The molecule has 1 aromatic heterocycles. The summed E-state index contributed by atoms with van der Waals surface area (Å²) >= 11 is 1.61. The Morgan fingerprint density at radius 2 is 1.44 bits per heavy atom. The van der Waals surface area contributed by atoms with Crippen LogP contribution in [0.1, 0.15) is 47.6 Å². The van der Waals surface area contributed by atoms with Crippen molar-refractivity contribution in [1.29, 1.82) is 0 Å². The van der Waals surface area contributed by atoms with Crippen LogP contribution in [0.2, 0.25) is 0 Å². The fourth-order valence-electron chi connectivity index (χ4n) is 5.43. The molecule has 0 unspecified atom stereocenters. The number of hydrogen-bond acceptors (Lipinski definition) is 6. The number of halogens is 4. The maximum Gasteiger partial charge on any atom is 0.416 e. The van der Waals surface area contributed by atoms with E-state index in [1.54, 1.807) is 23.9 Å². The quantitative estimate of drug-likeness (QED) is 0.215. The van der Waals surface area contributed by atoms with Crippen molar-refractivity contribution in [1.82, 2.24) is 19.7 Å². The molecule has 11 heteroatoms. The first kappa shape index (κ1) is 29.1. The van der Waals surface area contributed by atoms with Crippen LogP contribution >= 0.6 is 11.8 Å². The molecule has 4 aromatic rings. The van der Waals surface area contributed by atoms with Gasteiger partial charge in [-0.2, -0.15) is 13.2 Å². The number of amidine groups is 1. The van der Waals surface area contributed by atoms with Crippen LogP contribution in [0.25, 0.3) is 11.1 Å². The molecule has 0 amide bonds. The number of aliphatic hydroxyl groups is 1. The highest BCUT2D eigenvalue weighted by molar-refractivity contribution is 8.13. The molecule has 1 N–H and O–H groups in total. The van der Waals surface area contributed by atoms with E-state index in [9.17, 15) is 22.7 Å². The number of rotatable bonds is 8. The van der Waals surface area contributed by atoms with Crippen LogP contribution in [0.5, 0.6) is 0 Å². The molecule has 0 fully saturated rings. The molecule has 6 rings (SSSR count). The minimum absolute atomic E-state index is 0.264. The van der Waals surface area contributed by atoms with Crippen molar-refractivity contribution in [3.05, 3.63) is 118 Å². The van der Waals surface area contributed by atoms with E-state index in [1.165, 1.54) is 35.5 Å². The Kier molecular flexibility index (Phi) is 8.36. The Balaban J connectivity index is 1.20. The topological polar surface area (TPSA) is 66.5 Å². The third kappa shape index (κ3) is 6.52. The first-order valence-electron chi connectivity index (χ1n) is 14.0. The second-order valence-corrected chi connectivity index (χ2v) is 11.5. The molecule has 0 atom stereocenters. The highest BCUT2D eigenvalue weighted by Gasteiger charge is 2.31. The Morgan fingerprint density at radius 1 is 0.791 bits per heavy atom. The van der Waals surface area contributed by atoms with E-state index in [4.69, 9.17) is 4.99 Å². The molecule has 2 aliphatic rings. The number of thioether (sulfide) groups is 1. The number of aliphatic hydroxyl groups excluding tert-OH is 1. The summed E-state index contributed by atoms with van der Waals surface area (Å²) in [7, 11) is 0. The molecule has 6 nitrogen and oxygen atoms in total. The smallest absolute Gasteiger partial charge is 0.388 e. The van der Waals surface area contributed by atoms with Crippen LogP contribution in [0, 0.1) is 5.82 Å². The number of aromatic nitrogens is 3. The highest BCUT2D eigenvalue weighted by atomic mass is 32.2. The number of hydrogen-bond donors (Lipinski definition) is 1. The molecule has 0 bridgehead atoms. The summed E-state index contributed by atoms with van der Waals surface area (Å²) in [6, 6.07) is 19.2. The predicted octanol–water partition coefficient (Wildman–Crippen LogP) is 7.19. The average molecular weight is 608 g/mol. The monoisotopic (exact) mass is 607 g/mol. The molecule has 3 aromatic carbocycles. The van der Waals surface area contributed by atoms with Crippen molar-refractivity contribution < 1.29 is 22.7 Å². The van der Waals surface area contributed by atoms with E-state index in [1.807, 2.05) is 28.8 Å². The Labute approximate surface area is 250 Å². The molecule has 2 heterocycles. The van der Waals surface area contributed by atoms with Gasteiger partial charge in [0.2, 0.25) is 0 Å². The van der Waals surface area contributed by atoms with Gasteiger partial charge in [-0.1, -0.05) is 60.3 Å². The van der Waals surface area contributed by atoms with E-state index in [2.05, 4.69) is 15.1 Å². The van der Waals surface area contributed by atoms with Crippen LogP contribution in [-0.2, 0) is 31.6 Å². The van der Waals surface area contributed by atoms with Gasteiger partial charge in [-0.15, -0.1) is 10.2 Å². The van der Waals surface area contributed by atoms with Crippen molar-refractivity contribution in [2.45, 2.75) is 50.9 Å². The number of allylic oxidation sites excluding steroid dienone is 1. The summed E-state index contributed by atoms with van der Waals surface area (Å²) in [5.74, 6) is 1.51. The number of aliphatic imine (C=N–C) groups is 1.